The smallest absolute Gasteiger partial charge is 0.126 e. The molecule has 4 heteroatoms. The third-order valence-corrected chi connectivity index (χ3v) is 4.11. The first-order valence-electron chi connectivity index (χ1n) is 7.30. The molecule has 0 heterocycles. The number of nitrogens with one attached hydrogen (secondary N) is 1. The zero-order valence-electron chi connectivity index (χ0n) is 12.6. The van der Waals surface area contributed by atoms with Crippen LogP contribution in [0, 0.1) is 5.92 Å². The molecule has 0 saturated heterocycles. The van der Waals surface area contributed by atoms with Crippen molar-refractivity contribution in [3.05, 3.63) is 18.2 Å². The lowest BCUT2D eigenvalue weighted by Crippen LogP contribution is -2.29. The minimum Gasteiger partial charge on any atom is -0.496 e. The van der Waals surface area contributed by atoms with Crippen molar-refractivity contribution in [1.29, 1.82) is 0 Å². The second kappa shape index (κ2) is 7.39. The van der Waals surface area contributed by atoms with Gasteiger partial charge in [0.1, 0.15) is 17.2 Å². The van der Waals surface area contributed by atoms with E-state index in [0.29, 0.717) is 6.04 Å². The molecule has 2 rings (SSSR count). The van der Waals surface area contributed by atoms with Crippen LogP contribution in [0.2, 0.25) is 0 Å². The normalized spacial score (nSPS) is 21.8. The molecule has 1 aromatic rings. The molecule has 1 saturated carbocycles. The van der Waals surface area contributed by atoms with Gasteiger partial charge in [0.2, 0.25) is 0 Å². The molecule has 20 heavy (non-hydrogen) atoms. The highest BCUT2D eigenvalue weighted by Crippen LogP contribution is 2.30. The van der Waals surface area contributed by atoms with Gasteiger partial charge in [0.25, 0.3) is 0 Å². The molecular weight excluding hydrogens is 254 g/mol. The van der Waals surface area contributed by atoms with Gasteiger partial charge in [-0.15, -0.1) is 0 Å². The number of hydrogen-bond donors (Lipinski definition) is 1. The molecule has 2 atom stereocenters. The molecule has 1 aromatic carbocycles. The topological polar surface area (TPSA) is 39.7 Å². The fraction of sp³-hybridized carbons (Fsp3) is 0.625. The molecule has 112 valence electrons. The van der Waals surface area contributed by atoms with Gasteiger partial charge in [-0.05, 0) is 32.2 Å². The van der Waals surface area contributed by atoms with Gasteiger partial charge >= 0.3 is 0 Å². The molecule has 4 nitrogen and oxygen atoms in total. The highest BCUT2D eigenvalue weighted by Gasteiger charge is 2.25. The third kappa shape index (κ3) is 3.79. The average molecular weight is 279 g/mol. The van der Waals surface area contributed by atoms with Crippen LogP contribution < -0.4 is 19.5 Å². The van der Waals surface area contributed by atoms with E-state index in [4.69, 9.17) is 14.2 Å². The van der Waals surface area contributed by atoms with Gasteiger partial charge in [-0.1, -0.05) is 6.42 Å². The Kier molecular flexibility index (Phi) is 5.53. The monoisotopic (exact) mass is 279 g/mol. The Bertz CT molecular complexity index is 400. The van der Waals surface area contributed by atoms with Crippen molar-refractivity contribution in [2.45, 2.75) is 31.7 Å². The van der Waals surface area contributed by atoms with Crippen molar-refractivity contribution in [3.8, 4) is 17.2 Å². The summed E-state index contributed by atoms with van der Waals surface area (Å²) >= 11 is 0. The maximum Gasteiger partial charge on any atom is 0.126 e. The summed E-state index contributed by atoms with van der Waals surface area (Å²) in [6, 6.07) is 6.29. The number of ether oxygens (including phenoxy) is 3. The molecular formula is C16H25NO3. The van der Waals surface area contributed by atoms with Crippen molar-refractivity contribution in [2.75, 3.05) is 27.9 Å². The summed E-state index contributed by atoms with van der Waals surface area (Å²) in [5.74, 6) is 3.05. The van der Waals surface area contributed by atoms with E-state index < -0.39 is 0 Å². The molecule has 2 unspecified atom stereocenters. The Hall–Kier alpha value is -1.42. The molecule has 1 aliphatic rings. The van der Waals surface area contributed by atoms with Crippen LogP contribution in [0.15, 0.2) is 18.2 Å². The first-order chi connectivity index (χ1) is 9.76. The zero-order valence-corrected chi connectivity index (χ0v) is 12.6. The number of rotatable bonds is 7. The Morgan fingerprint density at radius 3 is 2.30 bits per heavy atom. The highest BCUT2D eigenvalue weighted by atomic mass is 16.5. The summed E-state index contributed by atoms with van der Waals surface area (Å²) in [6.45, 7) is 0.735. The molecule has 0 amide bonds. The van der Waals surface area contributed by atoms with Crippen LogP contribution in [-0.4, -0.2) is 33.9 Å². The SMILES string of the molecule is CNC1CCCC1CCOc1cc(OC)cc(OC)c1. The van der Waals surface area contributed by atoms with Crippen LogP contribution in [0.5, 0.6) is 17.2 Å². The Labute approximate surface area is 121 Å². The highest BCUT2D eigenvalue weighted by molar-refractivity contribution is 5.41. The molecule has 1 N–H and O–H groups in total. The van der Waals surface area contributed by atoms with E-state index in [9.17, 15) is 0 Å². The summed E-state index contributed by atoms with van der Waals surface area (Å²) in [6.07, 6.45) is 5.00. The molecule has 0 bridgehead atoms. The third-order valence-electron chi connectivity index (χ3n) is 4.11. The summed E-state index contributed by atoms with van der Waals surface area (Å²) in [4.78, 5) is 0. The maximum atomic E-state index is 5.86. The molecule has 0 radical (unpaired) electrons. The van der Waals surface area contributed by atoms with Crippen molar-refractivity contribution >= 4 is 0 Å². The van der Waals surface area contributed by atoms with Gasteiger partial charge in [-0.25, -0.2) is 0 Å². The largest absolute Gasteiger partial charge is 0.496 e. The van der Waals surface area contributed by atoms with Gasteiger partial charge in [0.05, 0.1) is 20.8 Å². The second-order valence-corrected chi connectivity index (χ2v) is 5.27. The summed E-state index contributed by atoms with van der Waals surface area (Å²) in [5, 5.41) is 3.40. The zero-order chi connectivity index (χ0) is 14.4. The van der Waals surface area contributed by atoms with Gasteiger partial charge in [-0.3, -0.25) is 0 Å². The van der Waals surface area contributed by atoms with E-state index in [2.05, 4.69) is 12.4 Å². The van der Waals surface area contributed by atoms with Crippen LogP contribution in [-0.2, 0) is 0 Å². The van der Waals surface area contributed by atoms with E-state index in [1.807, 2.05) is 18.2 Å². The first kappa shape index (κ1) is 15.0. The minimum absolute atomic E-state index is 0.651. The number of benzene rings is 1. The van der Waals surface area contributed by atoms with Crippen molar-refractivity contribution in [2.24, 2.45) is 5.92 Å². The lowest BCUT2D eigenvalue weighted by molar-refractivity contribution is 0.261. The molecule has 0 aromatic heterocycles. The molecule has 0 spiro atoms. The van der Waals surface area contributed by atoms with Crippen molar-refractivity contribution < 1.29 is 14.2 Å². The van der Waals surface area contributed by atoms with Crippen molar-refractivity contribution in [1.82, 2.24) is 5.32 Å². The lowest BCUT2D eigenvalue weighted by Gasteiger charge is -2.19. The maximum absolute atomic E-state index is 5.86. The standard InChI is InChI=1S/C16H25NO3/c1-17-16-6-4-5-12(16)7-8-20-15-10-13(18-2)9-14(11-15)19-3/h9-12,16-17H,4-8H2,1-3H3. The summed E-state index contributed by atoms with van der Waals surface area (Å²) in [7, 11) is 5.35. The van der Waals surface area contributed by atoms with Crippen LogP contribution in [0.4, 0.5) is 0 Å². The van der Waals surface area contributed by atoms with Gasteiger partial charge in [0, 0.05) is 24.2 Å². The van der Waals surface area contributed by atoms with E-state index >= 15 is 0 Å². The van der Waals surface area contributed by atoms with Crippen LogP contribution >= 0.6 is 0 Å². The van der Waals surface area contributed by atoms with Crippen molar-refractivity contribution in [3.63, 3.8) is 0 Å². The molecule has 1 aliphatic carbocycles. The summed E-state index contributed by atoms with van der Waals surface area (Å²) in [5.41, 5.74) is 0. The average Bonchev–Trinajstić information content (AvgIpc) is 2.94. The van der Waals surface area contributed by atoms with Gasteiger partial charge in [-0.2, -0.15) is 0 Å². The Morgan fingerprint density at radius 2 is 1.70 bits per heavy atom. The van der Waals surface area contributed by atoms with Gasteiger partial charge in [0.15, 0.2) is 0 Å². The van der Waals surface area contributed by atoms with E-state index in [1.54, 1.807) is 14.2 Å². The lowest BCUT2D eigenvalue weighted by atomic mass is 10.0. The molecule has 0 aliphatic heterocycles. The summed E-state index contributed by atoms with van der Waals surface area (Å²) < 4.78 is 16.3. The predicted molar refractivity (Wildman–Crippen MR) is 79.8 cm³/mol. The number of methoxy groups -OCH3 is 2. The van der Waals surface area contributed by atoms with Gasteiger partial charge < -0.3 is 19.5 Å². The Balaban J connectivity index is 1.87. The quantitative estimate of drug-likeness (QED) is 0.833. The second-order valence-electron chi connectivity index (χ2n) is 5.27. The van der Waals surface area contributed by atoms with E-state index in [0.717, 1.165) is 36.2 Å². The van der Waals surface area contributed by atoms with Crippen LogP contribution in [0.25, 0.3) is 0 Å². The fourth-order valence-corrected chi connectivity index (χ4v) is 2.96. The van der Waals surface area contributed by atoms with E-state index in [-0.39, 0.29) is 0 Å². The predicted octanol–water partition coefficient (Wildman–Crippen LogP) is 2.86. The minimum atomic E-state index is 0.651. The van der Waals surface area contributed by atoms with Crippen LogP contribution in [0.1, 0.15) is 25.7 Å². The fourth-order valence-electron chi connectivity index (χ4n) is 2.96. The molecule has 1 fully saturated rings. The number of hydrogen-bond acceptors (Lipinski definition) is 4. The first-order valence-corrected chi connectivity index (χ1v) is 7.30. The Morgan fingerprint density at radius 1 is 1.05 bits per heavy atom. The van der Waals surface area contributed by atoms with E-state index in [1.165, 1.54) is 19.3 Å². The van der Waals surface area contributed by atoms with Crippen LogP contribution in [0.3, 0.4) is 0 Å².